The summed E-state index contributed by atoms with van der Waals surface area (Å²) in [6.45, 7) is 1.29. The van der Waals surface area contributed by atoms with Crippen LogP contribution in [0.1, 0.15) is 38.5 Å². The zero-order chi connectivity index (χ0) is 15.5. The fraction of sp³-hybridized carbons (Fsp3) is 0.857. The molecule has 2 amide bonds. The maximum atomic E-state index is 11.8. The SMILES string of the molecule is COC(=O)CCCN(C)C(=O)NCCCCC1CCSS1. The van der Waals surface area contributed by atoms with Crippen molar-refractivity contribution in [3.05, 3.63) is 0 Å². The maximum absolute atomic E-state index is 11.8. The lowest BCUT2D eigenvalue weighted by molar-refractivity contribution is -0.140. The molecule has 0 bridgehead atoms. The van der Waals surface area contributed by atoms with Crippen LogP contribution in [0.3, 0.4) is 0 Å². The molecule has 0 aromatic heterocycles. The number of nitrogens with zero attached hydrogens (tertiary/aromatic N) is 1. The zero-order valence-corrected chi connectivity index (χ0v) is 14.6. The van der Waals surface area contributed by atoms with Crippen molar-refractivity contribution in [2.45, 2.75) is 43.8 Å². The first kappa shape index (κ1) is 18.5. The van der Waals surface area contributed by atoms with Crippen molar-refractivity contribution in [2.75, 3.05) is 33.0 Å². The number of methoxy groups -OCH3 is 1. The second-order valence-corrected chi connectivity index (χ2v) is 7.95. The third-order valence-corrected chi connectivity index (χ3v) is 6.41. The van der Waals surface area contributed by atoms with Crippen molar-refractivity contribution >= 4 is 33.6 Å². The molecule has 1 heterocycles. The Kier molecular flexibility index (Phi) is 9.74. The molecule has 1 unspecified atom stereocenters. The molecule has 0 aromatic rings. The minimum atomic E-state index is -0.230. The van der Waals surface area contributed by atoms with E-state index in [9.17, 15) is 9.59 Å². The van der Waals surface area contributed by atoms with E-state index in [2.05, 4.69) is 10.1 Å². The molecular formula is C14H26N2O3S2. The van der Waals surface area contributed by atoms with Crippen molar-refractivity contribution in [2.24, 2.45) is 0 Å². The number of ether oxygens (including phenoxy) is 1. The summed E-state index contributed by atoms with van der Waals surface area (Å²) < 4.78 is 4.57. The third kappa shape index (κ3) is 8.46. The molecule has 0 radical (unpaired) electrons. The molecule has 1 rings (SSSR count). The van der Waals surface area contributed by atoms with Gasteiger partial charge in [0.2, 0.25) is 0 Å². The van der Waals surface area contributed by atoms with Crippen LogP contribution in [0.25, 0.3) is 0 Å². The van der Waals surface area contributed by atoms with E-state index < -0.39 is 0 Å². The second-order valence-electron chi connectivity index (χ2n) is 5.16. The molecule has 0 saturated carbocycles. The van der Waals surface area contributed by atoms with Crippen molar-refractivity contribution in [3.63, 3.8) is 0 Å². The first-order valence-electron chi connectivity index (χ1n) is 7.47. The van der Waals surface area contributed by atoms with Gasteiger partial charge in [0.15, 0.2) is 0 Å². The maximum Gasteiger partial charge on any atom is 0.317 e. The van der Waals surface area contributed by atoms with Gasteiger partial charge in [-0.25, -0.2) is 4.79 Å². The Hall–Kier alpha value is -0.560. The topological polar surface area (TPSA) is 58.6 Å². The fourth-order valence-corrected chi connectivity index (χ4v) is 5.08. The van der Waals surface area contributed by atoms with E-state index in [4.69, 9.17) is 0 Å². The predicted molar refractivity (Wildman–Crippen MR) is 89.6 cm³/mol. The Morgan fingerprint density at radius 3 is 2.81 bits per heavy atom. The molecule has 0 aromatic carbocycles. The van der Waals surface area contributed by atoms with E-state index in [-0.39, 0.29) is 12.0 Å². The molecule has 1 aliphatic rings. The first-order valence-corrected chi connectivity index (χ1v) is 9.85. The molecule has 1 saturated heterocycles. The van der Waals surface area contributed by atoms with Gasteiger partial charge in [0.05, 0.1) is 7.11 Å². The Balaban J connectivity index is 1.97. The highest BCUT2D eigenvalue weighted by molar-refractivity contribution is 8.77. The van der Waals surface area contributed by atoms with Gasteiger partial charge in [0, 0.05) is 37.6 Å². The quantitative estimate of drug-likeness (QED) is 0.399. The van der Waals surface area contributed by atoms with Gasteiger partial charge < -0.3 is 15.0 Å². The van der Waals surface area contributed by atoms with Crippen LogP contribution in [0.2, 0.25) is 0 Å². The molecular weight excluding hydrogens is 308 g/mol. The number of unbranched alkanes of at least 4 members (excludes halogenated alkanes) is 1. The lowest BCUT2D eigenvalue weighted by atomic mass is 10.1. The summed E-state index contributed by atoms with van der Waals surface area (Å²) >= 11 is 0. The van der Waals surface area contributed by atoms with Crippen LogP contribution in [0.15, 0.2) is 0 Å². The molecule has 21 heavy (non-hydrogen) atoms. The molecule has 0 aliphatic carbocycles. The normalized spacial score (nSPS) is 17.5. The molecule has 5 nitrogen and oxygen atoms in total. The number of amides is 2. The summed E-state index contributed by atoms with van der Waals surface area (Å²) in [5.74, 6) is 1.05. The fourth-order valence-electron chi connectivity index (χ4n) is 2.06. The summed E-state index contributed by atoms with van der Waals surface area (Å²) in [7, 11) is 7.11. The smallest absolute Gasteiger partial charge is 0.317 e. The monoisotopic (exact) mass is 334 g/mol. The Morgan fingerprint density at radius 2 is 2.14 bits per heavy atom. The number of esters is 1. The molecule has 7 heteroatoms. The van der Waals surface area contributed by atoms with Gasteiger partial charge in [-0.15, -0.1) is 0 Å². The number of urea groups is 1. The molecule has 1 N–H and O–H groups in total. The third-order valence-electron chi connectivity index (χ3n) is 3.41. The Labute approximate surface area is 135 Å². The first-order chi connectivity index (χ1) is 10.1. The molecule has 0 spiro atoms. The number of carbonyl (C=O) groups is 2. The number of nitrogens with one attached hydrogen (secondary N) is 1. The van der Waals surface area contributed by atoms with E-state index >= 15 is 0 Å². The molecule has 1 aliphatic heterocycles. The number of hydrogen-bond donors (Lipinski definition) is 1. The van der Waals surface area contributed by atoms with Crippen LogP contribution in [0.4, 0.5) is 4.79 Å². The number of carbonyl (C=O) groups excluding carboxylic acids is 2. The van der Waals surface area contributed by atoms with Gasteiger partial charge in [-0.3, -0.25) is 4.79 Å². The second kappa shape index (κ2) is 11.1. The summed E-state index contributed by atoms with van der Waals surface area (Å²) in [4.78, 5) is 24.4. The van der Waals surface area contributed by atoms with Crippen LogP contribution >= 0.6 is 21.6 Å². The highest BCUT2D eigenvalue weighted by Crippen LogP contribution is 2.39. The lowest BCUT2D eigenvalue weighted by Crippen LogP contribution is -2.38. The van der Waals surface area contributed by atoms with E-state index in [1.165, 1.54) is 32.1 Å². The van der Waals surface area contributed by atoms with Crippen LogP contribution in [0.5, 0.6) is 0 Å². The summed E-state index contributed by atoms with van der Waals surface area (Å²) in [6, 6.07) is -0.0642. The van der Waals surface area contributed by atoms with E-state index in [1.54, 1.807) is 11.9 Å². The van der Waals surface area contributed by atoms with Gasteiger partial charge in [0.1, 0.15) is 0 Å². The Morgan fingerprint density at radius 1 is 1.33 bits per heavy atom. The highest BCUT2D eigenvalue weighted by atomic mass is 33.1. The van der Waals surface area contributed by atoms with Crippen LogP contribution in [-0.2, 0) is 9.53 Å². The van der Waals surface area contributed by atoms with Crippen molar-refractivity contribution in [3.8, 4) is 0 Å². The van der Waals surface area contributed by atoms with Gasteiger partial charge in [-0.05, 0) is 25.7 Å². The average Bonchev–Trinajstić information content (AvgIpc) is 2.99. The average molecular weight is 335 g/mol. The van der Waals surface area contributed by atoms with Gasteiger partial charge in [0.25, 0.3) is 0 Å². The highest BCUT2D eigenvalue weighted by Gasteiger charge is 2.15. The minimum Gasteiger partial charge on any atom is -0.469 e. The van der Waals surface area contributed by atoms with Crippen molar-refractivity contribution < 1.29 is 14.3 Å². The molecule has 122 valence electrons. The summed E-state index contributed by atoms with van der Waals surface area (Å²) in [5, 5.41) is 3.73. The zero-order valence-electron chi connectivity index (χ0n) is 12.9. The summed E-state index contributed by atoms with van der Waals surface area (Å²) in [6.07, 6.45) is 5.76. The van der Waals surface area contributed by atoms with E-state index in [0.29, 0.717) is 19.4 Å². The molecule has 1 atom stereocenters. The van der Waals surface area contributed by atoms with Crippen molar-refractivity contribution in [1.82, 2.24) is 10.2 Å². The standard InChI is InChI=1S/C14H26N2O3S2/c1-16(10-5-7-13(17)19-2)14(18)15-9-4-3-6-12-8-11-20-21-12/h12H,3-11H2,1-2H3,(H,15,18). The summed E-state index contributed by atoms with van der Waals surface area (Å²) in [5.41, 5.74) is 0. The van der Waals surface area contributed by atoms with Crippen LogP contribution in [-0.4, -0.2) is 55.2 Å². The minimum absolute atomic E-state index is 0.0642. The lowest BCUT2D eigenvalue weighted by Gasteiger charge is -2.17. The number of rotatable bonds is 9. The molecule has 1 fully saturated rings. The van der Waals surface area contributed by atoms with Crippen LogP contribution < -0.4 is 5.32 Å². The number of hydrogen-bond acceptors (Lipinski definition) is 5. The largest absolute Gasteiger partial charge is 0.469 e. The van der Waals surface area contributed by atoms with Crippen LogP contribution in [0, 0.1) is 0 Å². The van der Waals surface area contributed by atoms with Crippen molar-refractivity contribution in [1.29, 1.82) is 0 Å². The van der Waals surface area contributed by atoms with Gasteiger partial charge >= 0.3 is 12.0 Å². The predicted octanol–water partition coefficient (Wildman–Crippen LogP) is 2.91. The van der Waals surface area contributed by atoms with Gasteiger partial charge in [-0.1, -0.05) is 28.0 Å². The van der Waals surface area contributed by atoms with Gasteiger partial charge in [-0.2, -0.15) is 0 Å². The van der Waals surface area contributed by atoms with E-state index in [1.807, 2.05) is 21.6 Å². The Bertz CT molecular complexity index is 323. The van der Waals surface area contributed by atoms with E-state index in [0.717, 1.165) is 18.2 Å².